The van der Waals surface area contributed by atoms with Gasteiger partial charge >= 0.3 is 0 Å². The van der Waals surface area contributed by atoms with Crippen molar-refractivity contribution in [1.29, 1.82) is 0 Å². The maximum atomic E-state index is 13.0. The normalized spacial score (nSPS) is 11.1. The molecule has 0 aliphatic heterocycles. The van der Waals surface area contributed by atoms with Crippen molar-refractivity contribution in [3.63, 3.8) is 0 Å². The second-order valence-corrected chi connectivity index (χ2v) is 5.83. The molecule has 0 bridgehead atoms. The summed E-state index contributed by atoms with van der Waals surface area (Å²) in [5.74, 6) is 0. The first kappa shape index (κ1) is 14.5. The monoisotopic (exact) mass is 315 g/mol. The largest absolute Gasteiger partial charge is 0.285 e. The Labute approximate surface area is 139 Å². The summed E-state index contributed by atoms with van der Waals surface area (Å²) in [6, 6.07) is 21.5. The van der Waals surface area contributed by atoms with Gasteiger partial charge < -0.3 is 0 Å². The van der Waals surface area contributed by atoms with Crippen LogP contribution in [0.4, 0.5) is 0 Å². The first-order valence-electron chi connectivity index (χ1n) is 7.87. The molecule has 0 spiro atoms. The van der Waals surface area contributed by atoms with Crippen molar-refractivity contribution in [2.24, 2.45) is 7.05 Å². The number of benzene rings is 2. The van der Waals surface area contributed by atoms with E-state index >= 15 is 0 Å². The molecule has 0 N–H and O–H groups in total. The zero-order valence-corrected chi connectivity index (χ0v) is 13.6. The molecule has 0 aliphatic carbocycles. The van der Waals surface area contributed by atoms with Crippen LogP contribution in [0.1, 0.15) is 5.69 Å². The van der Waals surface area contributed by atoms with Crippen LogP contribution in [0.2, 0.25) is 0 Å². The van der Waals surface area contributed by atoms with Gasteiger partial charge in [-0.05, 0) is 31.2 Å². The molecule has 0 radical (unpaired) electrons. The van der Waals surface area contributed by atoms with Gasteiger partial charge in [0.15, 0.2) is 0 Å². The fourth-order valence-electron chi connectivity index (χ4n) is 3.07. The first-order chi connectivity index (χ1) is 11.7. The van der Waals surface area contributed by atoms with Gasteiger partial charge in [-0.2, -0.15) is 0 Å². The molecule has 0 amide bonds. The average Bonchev–Trinajstić information content (AvgIpc) is 2.84. The highest BCUT2D eigenvalue weighted by atomic mass is 16.1. The van der Waals surface area contributed by atoms with Crippen LogP contribution in [0.3, 0.4) is 0 Å². The van der Waals surface area contributed by atoms with Gasteiger partial charge in [-0.25, -0.2) is 9.67 Å². The lowest BCUT2D eigenvalue weighted by atomic mass is 10.1. The number of hydrogen-bond acceptors (Lipinski definition) is 2. The summed E-state index contributed by atoms with van der Waals surface area (Å²) < 4.78 is 3.56. The van der Waals surface area contributed by atoms with Crippen LogP contribution in [-0.2, 0) is 7.05 Å². The summed E-state index contributed by atoms with van der Waals surface area (Å²) in [4.78, 5) is 17.7. The third-order valence-electron chi connectivity index (χ3n) is 4.41. The summed E-state index contributed by atoms with van der Waals surface area (Å²) in [6.45, 7) is 1.95. The highest BCUT2D eigenvalue weighted by Gasteiger charge is 2.18. The Morgan fingerprint density at radius 2 is 1.58 bits per heavy atom. The molecule has 0 fully saturated rings. The van der Waals surface area contributed by atoms with E-state index in [1.807, 2.05) is 85.4 Å². The predicted octanol–water partition coefficient (Wildman–Crippen LogP) is 3.70. The van der Waals surface area contributed by atoms with Gasteiger partial charge in [0, 0.05) is 18.1 Å². The molecule has 2 heterocycles. The molecule has 0 saturated carbocycles. The van der Waals surface area contributed by atoms with Crippen molar-refractivity contribution in [2.75, 3.05) is 0 Å². The third-order valence-corrected chi connectivity index (χ3v) is 4.41. The molecule has 4 rings (SSSR count). The fraction of sp³-hybridized carbons (Fsp3) is 0.100. The molecule has 24 heavy (non-hydrogen) atoms. The minimum Gasteiger partial charge on any atom is -0.285 e. The van der Waals surface area contributed by atoms with Gasteiger partial charge in [0.25, 0.3) is 5.56 Å². The van der Waals surface area contributed by atoms with E-state index < -0.39 is 0 Å². The second-order valence-electron chi connectivity index (χ2n) is 5.83. The lowest BCUT2D eigenvalue weighted by Gasteiger charge is -2.07. The van der Waals surface area contributed by atoms with Gasteiger partial charge in [0.05, 0.1) is 22.5 Å². The lowest BCUT2D eigenvalue weighted by Crippen LogP contribution is -2.20. The van der Waals surface area contributed by atoms with Gasteiger partial charge in [-0.15, -0.1) is 0 Å². The van der Waals surface area contributed by atoms with E-state index in [1.54, 1.807) is 4.68 Å². The minimum absolute atomic E-state index is 0.0519. The van der Waals surface area contributed by atoms with Crippen molar-refractivity contribution in [3.8, 4) is 16.9 Å². The van der Waals surface area contributed by atoms with Crippen LogP contribution in [0.25, 0.3) is 27.8 Å². The van der Waals surface area contributed by atoms with Gasteiger partial charge in [-0.1, -0.05) is 42.5 Å². The van der Waals surface area contributed by atoms with Crippen LogP contribution in [-0.4, -0.2) is 14.3 Å². The van der Waals surface area contributed by atoms with Crippen LogP contribution in [0, 0.1) is 6.92 Å². The quantitative estimate of drug-likeness (QED) is 0.566. The Hall–Kier alpha value is -3.14. The number of rotatable bonds is 2. The molecule has 0 atom stereocenters. The Morgan fingerprint density at radius 1 is 0.875 bits per heavy atom. The van der Waals surface area contributed by atoms with Crippen LogP contribution in [0.15, 0.2) is 71.5 Å². The summed E-state index contributed by atoms with van der Waals surface area (Å²) in [5, 5.41) is 1.07. The molecular weight excluding hydrogens is 298 g/mol. The Kier molecular flexibility index (Phi) is 3.31. The Morgan fingerprint density at radius 3 is 2.38 bits per heavy atom. The van der Waals surface area contributed by atoms with E-state index in [0.717, 1.165) is 22.3 Å². The summed E-state index contributed by atoms with van der Waals surface area (Å²) in [5.41, 5.74) is 3.94. The van der Waals surface area contributed by atoms with E-state index in [2.05, 4.69) is 4.98 Å². The Balaban J connectivity index is 1.97. The predicted molar refractivity (Wildman–Crippen MR) is 96.5 cm³/mol. The van der Waals surface area contributed by atoms with Crippen molar-refractivity contribution in [2.45, 2.75) is 6.92 Å². The number of fused-ring (bicyclic) bond motifs is 1. The molecule has 4 heteroatoms. The number of hydrogen-bond donors (Lipinski definition) is 0. The van der Waals surface area contributed by atoms with E-state index in [9.17, 15) is 4.79 Å². The molecule has 0 aliphatic rings. The van der Waals surface area contributed by atoms with Crippen LogP contribution >= 0.6 is 0 Å². The molecule has 118 valence electrons. The first-order valence-corrected chi connectivity index (χ1v) is 7.87. The van der Waals surface area contributed by atoms with Crippen molar-refractivity contribution >= 4 is 10.9 Å². The number of nitrogens with zero attached hydrogens (tertiary/aromatic N) is 3. The molecule has 0 saturated heterocycles. The topological polar surface area (TPSA) is 39.8 Å². The molecule has 0 unspecified atom stereocenters. The summed E-state index contributed by atoms with van der Waals surface area (Å²) in [6.07, 6.45) is 0. The maximum absolute atomic E-state index is 13.0. The smallest absolute Gasteiger partial charge is 0.281 e. The maximum Gasteiger partial charge on any atom is 0.281 e. The summed E-state index contributed by atoms with van der Waals surface area (Å²) >= 11 is 0. The van der Waals surface area contributed by atoms with Crippen LogP contribution < -0.4 is 5.56 Å². The van der Waals surface area contributed by atoms with Crippen LogP contribution in [0.5, 0.6) is 0 Å². The average molecular weight is 315 g/mol. The Bertz CT molecular complexity index is 1090. The van der Waals surface area contributed by atoms with E-state index in [4.69, 9.17) is 0 Å². The molecule has 2 aromatic heterocycles. The standard InChI is InChI=1S/C20H17N3O/c1-14-19(18-13-12-15-8-6-7-11-17(15)21-18)20(24)23(22(14)2)16-9-4-3-5-10-16/h3-13H,1-2H3. The SMILES string of the molecule is Cc1c(-c2ccc3ccccc3n2)c(=O)n(-c2ccccc2)n1C. The number of aromatic nitrogens is 3. The van der Waals surface area contributed by atoms with Crippen molar-refractivity contribution in [1.82, 2.24) is 14.3 Å². The van der Waals surface area contributed by atoms with E-state index in [-0.39, 0.29) is 5.56 Å². The van der Waals surface area contributed by atoms with E-state index in [0.29, 0.717) is 11.3 Å². The summed E-state index contributed by atoms with van der Waals surface area (Å²) in [7, 11) is 1.90. The molecule has 4 nitrogen and oxygen atoms in total. The van der Waals surface area contributed by atoms with Gasteiger partial charge in [0.1, 0.15) is 0 Å². The third kappa shape index (κ3) is 2.15. The second kappa shape index (κ2) is 5.49. The number of para-hydroxylation sites is 2. The van der Waals surface area contributed by atoms with Crippen molar-refractivity contribution in [3.05, 3.63) is 82.8 Å². The minimum atomic E-state index is -0.0519. The fourth-order valence-corrected chi connectivity index (χ4v) is 3.07. The highest BCUT2D eigenvalue weighted by molar-refractivity contribution is 5.81. The van der Waals surface area contributed by atoms with E-state index in [1.165, 1.54) is 0 Å². The molecular formula is C20H17N3O. The molecule has 2 aromatic carbocycles. The van der Waals surface area contributed by atoms with Crippen molar-refractivity contribution < 1.29 is 0 Å². The molecule has 4 aromatic rings. The van der Waals surface area contributed by atoms with Gasteiger partial charge in [-0.3, -0.25) is 9.48 Å². The number of pyridine rings is 1. The zero-order chi connectivity index (χ0) is 16.7. The highest BCUT2D eigenvalue weighted by Crippen LogP contribution is 2.22. The lowest BCUT2D eigenvalue weighted by molar-refractivity contribution is 0.630. The zero-order valence-electron chi connectivity index (χ0n) is 13.6. The van der Waals surface area contributed by atoms with Gasteiger partial charge in [0.2, 0.25) is 0 Å².